The molecule has 2 aromatic rings. The molecule has 0 spiro atoms. The third-order valence-corrected chi connectivity index (χ3v) is 6.27. The van der Waals surface area contributed by atoms with Crippen LogP contribution in [0.5, 0.6) is 0 Å². The highest BCUT2D eigenvalue weighted by molar-refractivity contribution is 7.91. The number of halogens is 1. The Morgan fingerprint density at radius 3 is 2.68 bits per heavy atom. The van der Waals surface area contributed by atoms with Gasteiger partial charge in [-0.1, -0.05) is 35.9 Å². The monoisotopic (exact) mass is 378 g/mol. The number of amides is 1. The van der Waals surface area contributed by atoms with E-state index in [4.69, 9.17) is 11.6 Å². The Morgan fingerprint density at radius 1 is 1.16 bits per heavy atom. The Labute approximate surface area is 152 Å². The minimum Gasteiger partial charge on any atom is -0.381 e. The van der Waals surface area contributed by atoms with Crippen LogP contribution in [0, 0.1) is 0 Å². The highest BCUT2D eigenvalue weighted by Gasteiger charge is 2.29. The fraction of sp³-hybridized carbons (Fsp3) is 0.278. The molecule has 7 heteroatoms. The van der Waals surface area contributed by atoms with Gasteiger partial charge in [-0.3, -0.25) is 4.79 Å². The van der Waals surface area contributed by atoms with E-state index in [-0.39, 0.29) is 23.5 Å². The van der Waals surface area contributed by atoms with E-state index in [0.29, 0.717) is 23.6 Å². The lowest BCUT2D eigenvalue weighted by Gasteiger charge is -2.12. The van der Waals surface area contributed by atoms with E-state index in [0.717, 1.165) is 11.3 Å². The van der Waals surface area contributed by atoms with Gasteiger partial charge in [-0.25, -0.2) is 8.42 Å². The van der Waals surface area contributed by atoms with Crippen LogP contribution in [0.3, 0.4) is 0 Å². The SMILES string of the molecule is O=C(N[C@H]1CCS(=O)(=O)C1)c1cccc(NCc2ccccc2Cl)c1. The highest BCUT2D eigenvalue weighted by atomic mass is 35.5. The zero-order chi connectivity index (χ0) is 17.9. The number of anilines is 1. The van der Waals surface area contributed by atoms with Crippen LogP contribution in [0.15, 0.2) is 48.5 Å². The first kappa shape index (κ1) is 17.8. The molecule has 0 saturated carbocycles. The second-order valence-corrected chi connectivity index (χ2v) is 8.74. The topological polar surface area (TPSA) is 75.3 Å². The maximum absolute atomic E-state index is 12.3. The van der Waals surface area contributed by atoms with Gasteiger partial charge in [0.2, 0.25) is 0 Å². The Balaban J connectivity index is 1.63. The van der Waals surface area contributed by atoms with E-state index in [1.165, 1.54) is 0 Å². The predicted molar refractivity (Wildman–Crippen MR) is 99.7 cm³/mol. The van der Waals surface area contributed by atoms with Crippen molar-refractivity contribution < 1.29 is 13.2 Å². The van der Waals surface area contributed by atoms with Crippen LogP contribution in [0.25, 0.3) is 0 Å². The zero-order valence-electron chi connectivity index (χ0n) is 13.5. The molecule has 1 fully saturated rings. The van der Waals surface area contributed by atoms with Crippen LogP contribution < -0.4 is 10.6 Å². The molecule has 1 atom stereocenters. The molecule has 0 bridgehead atoms. The molecule has 1 heterocycles. The molecule has 3 rings (SSSR count). The van der Waals surface area contributed by atoms with Gasteiger partial charge in [0.05, 0.1) is 11.5 Å². The fourth-order valence-corrected chi connectivity index (χ4v) is 4.66. The highest BCUT2D eigenvalue weighted by Crippen LogP contribution is 2.18. The van der Waals surface area contributed by atoms with Gasteiger partial charge in [-0.05, 0) is 36.2 Å². The predicted octanol–water partition coefficient (Wildman–Crippen LogP) is 2.87. The van der Waals surface area contributed by atoms with Gasteiger partial charge in [0.25, 0.3) is 5.91 Å². The molecule has 5 nitrogen and oxygen atoms in total. The molecule has 0 aliphatic carbocycles. The molecule has 0 aromatic heterocycles. The third-order valence-electron chi connectivity index (χ3n) is 4.13. The van der Waals surface area contributed by atoms with Crippen molar-refractivity contribution in [1.29, 1.82) is 0 Å². The van der Waals surface area contributed by atoms with Gasteiger partial charge < -0.3 is 10.6 Å². The number of carbonyl (C=O) groups is 1. The van der Waals surface area contributed by atoms with Crippen molar-refractivity contribution in [3.8, 4) is 0 Å². The van der Waals surface area contributed by atoms with Crippen LogP contribution in [-0.4, -0.2) is 31.9 Å². The summed E-state index contributed by atoms with van der Waals surface area (Å²) in [6, 6.07) is 14.4. The van der Waals surface area contributed by atoms with E-state index < -0.39 is 9.84 Å². The smallest absolute Gasteiger partial charge is 0.251 e. The van der Waals surface area contributed by atoms with Gasteiger partial charge in [0.1, 0.15) is 0 Å². The number of carbonyl (C=O) groups excluding carboxylic acids is 1. The first-order valence-electron chi connectivity index (χ1n) is 8.01. The number of nitrogens with one attached hydrogen (secondary N) is 2. The summed E-state index contributed by atoms with van der Waals surface area (Å²) in [5, 5.41) is 6.72. The average molecular weight is 379 g/mol. The van der Waals surface area contributed by atoms with Crippen molar-refractivity contribution in [2.45, 2.75) is 19.0 Å². The molecule has 2 N–H and O–H groups in total. The van der Waals surface area contributed by atoms with Crippen molar-refractivity contribution in [3.05, 3.63) is 64.7 Å². The summed E-state index contributed by atoms with van der Waals surface area (Å²) in [6.07, 6.45) is 0.471. The molecular formula is C18H19ClN2O3S. The van der Waals surface area contributed by atoms with Crippen molar-refractivity contribution in [3.63, 3.8) is 0 Å². The zero-order valence-corrected chi connectivity index (χ0v) is 15.1. The van der Waals surface area contributed by atoms with Crippen LogP contribution in [0.4, 0.5) is 5.69 Å². The molecule has 0 radical (unpaired) electrons. The maximum Gasteiger partial charge on any atom is 0.251 e. The summed E-state index contributed by atoms with van der Waals surface area (Å²) in [5.74, 6) is -0.107. The quantitative estimate of drug-likeness (QED) is 0.838. The summed E-state index contributed by atoms with van der Waals surface area (Å²) in [4.78, 5) is 12.3. The first-order chi connectivity index (χ1) is 11.9. The van der Waals surface area contributed by atoms with Crippen LogP contribution in [0.2, 0.25) is 5.02 Å². The van der Waals surface area contributed by atoms with E-state index in [2.05, 4.69) is 10.6 Å². The lowest BCUT2D eigenvalue weighted by Crippen LogP contribution is -2.35. The molecule has 1 aliphatic heterocycles. The van der Waals surface area contributed by atoms with E-state index in [1.54, 1.807) is 18.2 Å². The van der Waals surface area contributed by atoms with E-state index >= 15 is 0 Å². The molecule has 2 aromatic carbocycles. The molecule has 1 amide bonds. The third kappa shape index (κ3) is 4.74. The summed E-state index contributed by atoms with van der Waals surface area (Å²) < 4.78 is 23.0. The van der Waals surface area contributed by atoms with Crippen LogP contribution >= 0.6 is 11.6 Å². The second kappa shape index (κ2) is 7.45. The van der Waals surface area contributed by atoms with E-state index in [9.17, 15) is 13.2 Å². The molecule has 1 aliphatic rings. The van der Waals surface area contributed by atoms with Crippen LogP contribution in [0.1, 0.15) is 22.3 Å². The number of benzene rings is 2. The normalized spacial score (nSPS) is 18.7. The number of sulfone groups is 1. The molecule has 132 valence electrons. The van der Waals surface area contributed by atoms with Crippen LogP contribution in [-0.2, 0) is 16.4 Å². The maximum atomic E-state index is 12.3. The lowest BCUT2D eigenvalue weighted by molar-refractivity contribution is 0.0941. The Kier molecular flexibility index (Phi) is 5.30. The number of hydrogen-bond acceptors (Lipinski definition) is 4. The minimum absolute atomic E-state index is 0.0171. The lowest BCUT2D eigenvalue weighted by atomic mass is 10.1. The molecular weight excluding hydrogens is 360 g/mol. The number of hydrogen-bond donors (Lipinski definition) is 2. The van der Waals surface area contributed by atoms with Crippen molar-refractivity contribution in [2.75, 3.05) is 16.8 Å². The van der Waals surface area contributed by atoms with Gasteiger partial charge in [0, 0.05) is 28.9 Å². The average Bonchev–Trinajstić information content (AvgIpc) is 2.93. The van der Waals surface area contributed by atoms with Gasteiger partial charge >= 0.3 is 0 Å². The number of rotatable bonds is 5. The standard InChI is InChI=1S/C18H19ClN2O3S/c19-17-7-2-1-4-14(17)11-20-15-6-3-5-13(10-15)18(22)21-16-8-9-25(23,24)12-16/h1-7,10,16,20H,8-9,11-12H2,(H,21,22)/t16-/m0/s1. The van der Waals surface area contributed by atoms with Gasteiger partial charge in [0.15, 0.2) is 9.84 Å². The summed E-state index contributed by atoms with van der Waals surface area (Å²) >= 11 is 6.14. The Hall–Kier alpha value is -2.05. The van der Waals surface area contributed by atoms with Gasteiger partial charge in [-0.2, -0.15) is 0 Å². The minimum atomic E-state index is -3.01. The summed E-state index contributed by atoms with van der Waals surface area (Å²) in [5.41, 5.74) is 2.26. The first-order valence-corrected chi connectivity index (χ1v) is 10.2. The largest absolute Gasteiger partial charge is 0.381 e. The van der Waals surface area contributed by atoms with Crippen molar-refractivity contribution in [1.82, 2.24) is 5.32 Å². The summed E-state index contributed by atoms with van der Waals surface area (Å²) in [7, 11) is -3.01. The summed E-state index contributed by atoms with van der Waals surface area (Å²) in [6.45, 7) is 0.547. The molecule has 1 saturated heterocycles. The van der Waals surface area contributed by atoms with Crippen molar-refractivity contribution in [2.24, 2.45) is 0 Å². The van der Waals surface area contributed by atoms with Gasteiger partial charge in [-0.15, -0.1) is 0 Å². The molecule has 0 unspecified atom stereocenters. The molecule has 25 heavy (non-hydrogen) atoms. The second-order valence-electron chi connectivity index (χ2n) is 6.10. The Morgan fingerprint density at radius 2 is 1.96 bits per heavy atom. The van der Waals surface area contributed by atoms with E-state index in [1.807, 2.05) is 30.3 Å². The van der Waals surface area contributed by atoms with Crippen molar-refractivity contribution >= 4 is 33.0 Å². The Bertz CT molecular complexity index is 883. The fourth-order valence-electron chi connectivity index (χ4n) is 2.79.